The van der Waals surface area contributed by atoms with Crippen LogP contribution in [0.15, 0.2) is 23.0 Å². The van der Waals surface area contributed by atoms with Crippen molar-refractivity contribution >= 4 is 40.4 Å². The summed E-state index contributed by atoms with van der Waals surface area (Å²) in [7, 11) is 0. The fraction of sp³-hybridized carbons (Fsp3) is 0.444. The van der Waals surface area contributed by atoms with E-state index < -0.39 is 0 Å². The van der Waals surface area contributed by atoms with E-state index in [4.69, 9.17) is 0 Å². The van der Waals surface area contributed by atoms with Crippen LogP contribution in [-0.4, -0.2) is 16.0 Å². The van der Waals surface area contributed by atoms with E-state index in [1.165, 1.54) is 22.7 Å². The fourth-order valence-electron chi connectivity index (χ4n) is 0.880. The molecule has 1 heterocycles. The Morgan fingerprint density at radius 3 is 3.23 bits per heavy atom. The van der Waals surface area contributed by atoms with Crippen LogP contribution in [0.3, 0.4) is 0 Å². The summed E-state index contributed by atoms with van der Waals surface area (Å²) in [6.07, 6.45) is 3.59. The van der Waals surface area contributed by atoms with Crippen LogP contribution in [0.1, 0.15) is 12.8 Å². The molecule has 0 saturated heterocycles. The first-order chi connectivity index (χ1) is 6.33. The highest BCUT2D eigenvalue weighted by Crippen LogP contribution is 2.34. The molecule has 4 heteroatoms. The highest BCUT2D eigenvalue weighted by molar-refractivity contribution is 8.22. The van der Waals surface area contributed by atoms with Gasteiger partial charge in [0.2, 0.25) is 5.12 Å². The standard InChI is InChI=1S/C9H12OS3/c1-2-9(10)12-5-3-4-8-6-11-7-13-8/h2,6H,1,3-5,7H2. The number of hydrogen-bond acceptors (Lipinski definition) is 4. The lowest BCUT2D eigenvalue weighted by Crippen LogP contribution is -1.87. The quantitative estimate of drug-likeness (QED) is 0.533. The van der Waals surface area contributed by atoms with Gasteiger partial charge in [-0.05, 0) is 29.2 Å². The van der Waals surface area contributed by atoms with Gasteiger partial charge in [0.15, 0.2) is 0 Å². The van der Waals surface area contributed by atoms with Crippen LogP contribution >= 0.6 is 35.3 Å². The molecule has 1 aliphatic rings. The Morgan fingerprint density at radius 1 is 1.77 bits per heavy atom. The van der Waals surface area contributed by atoms with Gasteiger partial charge in [0, 0.05) is 10.8 Å². The van der Waals surface area contributed by atoms with E-state index in [0.29, 0.717) is 0 Å². The van der Waals surface area contributed by atoms with Gasteiger partial charge in [-0.1, -0.05) is 18.3 Å². The summed E-state index contributed by atoms with van der Waals surface area (Å²) in [6.45, 7) is 3.43. The van der Waals surface area contributed by atoms with Gasteiger partial charge in [-0.2, -0.15) is 0 Å². The first-order valence-corrected chi connectivity index (χ1v) is 7.07. The van der Waals surface area contributed by atoms with Gasteiger partial charge in [-0.15, -0.1) is 23.5 Å². The normalized spacial score (nSPS) is 15.5. The molecule has 1 aliphatic heterocycles. The molecule has 1 nitrogen and oxygen atoms in total. The minimum atomic E-state index is 0.0856. The Bertz CT molecular complexity index is 223. The molecule has 0 spiro atoms. The summed E-state index contributed by atoms with van der Waals surface area (Å²) >= 11 is 5.14. The Morgan fingerprint density at radius 2 is 2.62 bits per heavy atom. The average Bonchev–Trinajstić information content (AvgIpc) is 2.64. The molecule has 0 saturated carbocycles. The van der Waals surface area contributed by atoms with E-state index in [0.717, 1.165) is 23.7 Å². The minimum Gasteiger partial charge on any atom is -0.282 e. The van der Waals surface area contributed by atoms with E-state index in [2.05, 4.69) is 12.0 Å². The second kappa shape index (κ2) is 6.62. The van der Waals surface area contributed by atoms with Gasteiger partial charge >= 0.3 is 0 Å². The van der Waals surface area contributed by atoms with E-state index in [1.54, 1.807) is 0 Å². The minimum absolute atomic E-state index is 0.0856. The van der Waals surface area contributed by atoms with E-state index in [9.17, 15) is 4.79 Å². The van der Waals surface area contributed by atoms with Crippen molar-refractivity contribution in [3.63, 3.8) is 0 Å². The Labute approximate surface area is 91.8 Å². The van der Waals surface area contributed by atoms with Crippen LogP contribution in [0.5, 0.6) is 0 Å². The largest absolute Gasteiger partial charge is 0.282 e. The molecule has 1 rings (SSSR count). The average molecular weight is 232 g/mol. The molecule has 0 bridgehead atoms. The van der Waals surface area contributed by atoms with Gasteiger partial charge in [0.1, 0.15) is 0 Å². The summed E-state index contributed by atoms with van der Waals surface area (Å²) in [4.78, 5) is 12.3. The van der Waals surface area contributed by atoms with Crippen molar-refractivity contribution < 1.29 is 4.79 Å². The summed E-state index contributed by atoms with van der Waals surface area (Å²) in [6, 6.07) is 0. The molecular weight excluding hydrogens is 220 g/mol. The van der Waals surface area contributed by atoms with E-state index >= 15 is 0 Å². The fourth-order valence-corrected chi connectivity index (χ4v) is 3.71. The van der Waals surface area contributed by atoms with Crippen LogP contribution in [0.4, 0.5) is 0 Å². The monoisotopic (exact) mass is 232 g/mol. The van der Waals surface area contributed by atoms with Crippen molar-refractivity contribution in [2.45, 2.75) is 12.8 Å². The first kappa shape index (κ1) is 11.3. The Kier molecular flexibility index (Phi) is 5.75. The van der Waals surface area contributed by atoms with Gasteiger partial charge < -0.3 is 0 Å². The molecule has 0 aromatic carbocycles. The predicted molar refractivity (Wildman–Crippen MR) is 65.0 cm³/mol. The van der Waals surface area contributed by atoms with Crippen molar-refractivity contribution in [3.05, 3.63) is 23.0 Å². The highest BCUT2D eigenvalue weighted by atomic mass is 32.2. The zero-order chi connectivity index (χ0) is 9.52. The first-order valence-electron chi connectivity index (χ1n) is 4.05. The Balaban J connectivity index is 2.00. The topological polar surface area (TPSA) is 17.1 Å². The highest BCUT2D eigenvalue weighted by Gasteiger charge is 2.05. The smallest absolute Gasteiger partial charge is 0.211 e. The third-order valence-corrected chi connectivity index (χ3v) is 4.76. The zero-order valence-electron chi connectivity index (χ0n) is 7.32. The second-order valence-electron chi connectivity index (χ2n) is 2.49. The molecule has 72 valence electrons. The number of thioether (sulfide) groups is 3. The lowest BCUT2D eigenvalue weighted by molar-refractivity contribution is -0.107. The van der Waals surface area contributed by atoms with Crippen molar-refractivity contribution in [3.8, 4) is 0 Å². The molecule has 0 aliphatic carbocycles. The summed E-state index contributed by atoms with van der Waals surface area (Å²) < 4.78 is 0. The summed E-state index contributed by atoms with van der Waals surface area (Å²) in [5, 5.41) is 3.47. The summed E-state index contributed by atoms with van der Waals surface area (Å²) in [5.41, 5.74) is 0. The van der Waals surface area contributed by atoms with Gasteiger partial charge in [0.05, 0.1) is 0 Å². The molecular formula is C9H12OS3. The molecule has 0 radical (unpaired) electrons. The third kappa shape index (κ3) is 4.84. The molecule has 0 unspecified atom stereocenters. The predicted octanol–water partition coefficient (Wildman–Crippen LogP) is 3.49. The van der Waals surface area contributed by atoms with Crippen molar-refractivity contribution in [2.75, 3.05) is 10.8 Å². The maximum Gasteiger partial charge on any atom is 0.211 e. The number of carbonyl (C=O) groups is 1. The Hall–Kier alpha value is 0.200. The zero-order valence-corrected chi connectivity index (χ0v) is 9.77. The number of carbonyl (C=O) groups excluding carboxylic acids is 1. The van der Waals surface area contributed by atoms with Crippen LogP contribution in [-0.2, 0) is 4.79 Å². The SMILES string of the molecule is C=CC(=O)SCCCC1=CSCS1. The molecule has 0 N–H and O–H groups in total. The molecule has 13 heavy (non-hydrogen) atoms. The molecule has 0 atom stereocenters. The van der Waals surface area contributed by atoms with Crippen LogP contribution in [0, 0.1) is 0 Å². The number of allylic oxidation sites excluding steroid dienone is 1. The maximum absolute atomic E-state index is 10.8. The van der Waals surface area contributed by atoms with E-state index in [1.807, 2.05) is 23.5 Å². The molecule has 0 aromatic rings. The lowest BCUT2D eigenvalue weighted by Gasteiger charge is -1.98. The van der Waals surface area contributed by atoms with Crippen LogP contribution < -0.4 is 0 Å². The molecule has 0 amide bonds. The molecule has 0 aromatic heterocycles. The van der Waals surface area contributed by atoms with Crippen molar-refractivity contribution in [1.82, 2.24) is 0 Å². The number of rotatable bonds is 5. The van der Waals surface area contributed by atoms with Gasteiger partial charge in [-0.25, -0.2) is 0 Å². The molecule has 0 fully saturated rings. The number of hydrogen-bond donors (Lipinski definition) is 0. The van der Waals surface area contributed by atoms with Gasteiger partial charge in [-0.3, -0.25) is 4.79 Å². The van der Waals surface area contributed by atoms with Crippen molar-refractivity contribution in [1.29, 1.82) is 0 Å². The van der Waals surface area contributed by atoms with E-state index in [-0.39, 0.29) is 5.12 Å². The third-order valence-electron chi connectivity index (χ3n) is 1.51. The van der Waals surface area contributed by atoms with Crippen LogP contribution in [0.25, 0.3) is 0 Å². The summed E-state index contributed by atoms with van der Waals surface area (Å²) in [5.74, 6) is 0.910. The van der Waals surface area contributed by atoms with Crippen molar-refractivity contribution in [2.24, 2.45) is 0 Å². The van der Waals surface area contributed by atoms with Crippen LogP contribution in [0.2, 0.25) is 0 Å². The lowest BCUT2D eigenvalue weighted by atomic mass is 10.3. The second-order valence-corrected chi connectivity index (χ2v) is 5.91. The maximum atomic E-state index is 10.8. The van der Waals surface area contributed by atoms with Gasteiger partial charge in [0.25, 0.3) is 0 Å².